The first kappa shape index (κ1) is 10.9. The molecule has 1 aromatic heterocycles. The van der Waals surface area contributed by atoms with Crippen molar-refractivity contribution >= 4 is 0 Å². The molecule has 0 aliphatic rings. The van der Waals surface area contributed by atoms with Gasteiger partial charge in [0, 0.05) is 11.7 Å². The molecule has 1 aromatic carbocycles. The molecule has 0 aliphatic heterocycles. The summed E-state index contributed by atoms with van der Waals surface area (Å²) < 4.78 is 2.06. The third-order valence-electron chi connectivity index (χ3n) is 2.97. The van der Waals surface area contributed by atoms with Gasteiger partial charge in [0.2, 0.25) is 0 Å². The minimum absolute atomic E-state index is 0.0117. The third kappa shape index (κ3) is 1.74. The van der Waals surface area contributed by atoms with Crippen LogP contribution in [0, 0.1) is 13.8 Å². The number of nitrogens with zero attached hydrogens (tertiary/aromatic N) is 2. The average Bonchev–Trinajstić information content (AvgIpc) is 2.70. The van der Waals surface area contributed by atoms with Crippen LogP contribution in [0.2, 0.25) is 0 Å². The van der Waals surface area contributed by atoms with E-state index in [1.807, 2.05) is 19.4 Å². The number of hydrogen-bond donors (Lipinski definition) is 1. The highest BCUT2D eigenvalue weighted by molar-refractivity contribution is 5.45. The van der Waals surface area contributed by atoms with Crippen LogP contribution in [0.4, 0.5) is 0 Å². The topological polar surface area (TPSA) is 43.8 Å². The molecule has 0 saturated carbocycles. The van der Waals surface area contributed by atoms with Crippen molar-refractivity contribution in [3.8, 4) is 5.69 Å². The molecule has 1 atom stereocenters. The largest absolute Gasteiger partial charge is 0.323 e. The van der Waals surface area contributed by atoms with Gasteiger partial charge in [0.15, 0.2) is 0 Å². The Morgan fingerprint density at radius 2 is 2.06 bits per heavy atom. The SMILES string of the molecule is Cc1cccc(-n2cncc2[C@H](C)N)c1C. The highest BCUT2D eigenvalue weighted by Crippen LogP contribution is 2.21. The Bertz CT molecular complexity index is 498. The molecule has 0 unspecified atom stereocenters. The summed E-state index contributed by atoms with van der Waals surface area (Å²) in [5.74, 6) is 0. The Morgan fingerprint density at radius 1 is 1.31 bits per heavy atom. The fourth-order valence-electron chi connectivity index (χ4n) is 1.84. The number of aryl methyl sites for hydroxylation is 1. The molecule has 1 heterocycles. The van der Waals surface area contributed by atoms with Crippen LogP contribution in [0.25, 0.3) is 5.69 Å². The first-order chi connectivity index (χ1) is 7.61. The van der Waals surface area contributed by atoms with Gasteiger partial charge in [-0.15, -0.1) is 0 Å². The van der Waals surface area contributed by atoms with Gasteiger partial charge in [-0.2, -0.15) is 0 Å². The Hall–Kier alpha value is -1.61. The van der Waals surface area contributed by atoms with Crippen molar-refractivity contribution in [2.24, 2.45) is 5.73 Å². The van der Waals surface area contributed by atoms with Gasteiger partial charge in [0.1, 0.15) is 0 Å². The van der Waals surface area contributed by atoms with Gasteiger partial charge in [0.05, 0.1) is 18.2 Å². The first-order valence-electron chi connectivity index (χ1n) is 5.45. The molecule has 0 aliphatic carbocycles. The van der Waals surface area contributed by atoms with E-state index in [0.717, 1.165) is 11.4 Å². The Morgan fingerprint density at radius 3 is 2.75 bits per heavy atom. The summed E-state index contributed by atoms with van der Waals surface area (Å²) in [7, 11) is 0. The maximum atomic E-state index is 5.92. The van der Waals surface area contributed by atoms with Crippen molar-refractivity contribution in [3.63, 3.8) is 0 Å². The molecule has 0 spiro atoms. The monoisotopic (exact) mass is 215 g/mol. The zero-order valence-corrected chi connectivity index (χ0v) is 9.94. The predicted molar refractivity (Wildman–Crippen MR) is 65.6 cm³/mol. The zero-order valence-electron chi connectivity index (χ0n) is 9.94. The molecule has 0 fully saturated rings. The smallest absolute Gasteiger partial charge is 0.0994 e. The minimum atomic E-state index is -0.0117. The Balaban J connectivity index is 2.59. The summed E-state index contributed by atoms with van der Waals surface area (Å²) in [6.45, 7) is 6.20. The second-order valence-electron chi connectivity index (χ2n) is 4.20. The van der Waals surface area contributed by atoms with Gasteiger partial charge in [-0.05, 0) is 38.0 Å². The summed E-state index contributed by atoms with van der Waals surface area (Å²) >= 11 is 0. The number of aromatic nitrogens is 2. The van der Waals surface area contributed by atoms with Crippen molar-refractivity contribution < 1.29 is 0 Å². The molecule has 2 N–H and O–H groups in total. The van der Waals surface area contributed by atoms with Crippen molar-refractivity contribution in [2.45, 2.75) is 26.8 Å². The van der Waals surface area contributed by atoms with Crippen molar-refractivity contribution in [1.82, 2.24) is 9.55 Å². The highest BCUT2D eigenvalue weighted by atomic mass is 15.1. The minimum Gasteiger partial charge on any atom is -0.323 e. The van der Waals surface area contributed by atoms with E-state index in [9.17, 15) is 0 Å². The summed E-state index contributed by atoms with van der Waals surface area (Å²) in [4.78, 5) is 4.17. The van der Waals surface area contributed by atoms with Crippen molar-refractivity contribution in [1.29, 1.82) is 0 Å². The molecule has 2 aromatic rings. The third-order valence-corrected chi connectivity index (χ3v) is 2.97. The van der Waals surface area contributed by atoms with Crippen molar-refractivity contribution in [3.05, 3.63) is 47.5 Å². The van der Waals surface area contributed by atoms with Crippen LogP contribution in [-0.4, -0.2) is 9.55 Å². The van der Waals surface area contributed by atoms with Crippen LogP contribution in [-0.2, 0) is 0 Å². The molecule has 0 saturated heterocycles. The van der Waals surface area contributed by atoms with Crippen LogP contribution < -0.4 is 5.73 Å². The summed E-state index contributed by atoms with van der Waals surface area (Å²) in [6.07, 6.45) is 3.65. The van der Waals surface area contributed by atoms with E-state index in [0.29, 0.717) is 0 Å². The molecule has 0 bridgehead atoms. The maximum Gasteiger partial charge on any atom is 0.0994 e. The zero-order chi connectivity index (χ0) is 11.7. The summed E-state index contributed by atoms with van der Waals surface area (Å²) in [6, 6.07) is 6.25. The van der Waals surface area contributed by atoms with Gasteiger partial charge in [-0.3, -0.25) is 0 Å². The standard InChI is InChI=1S/C13H17N3/c1-9-5-4-6-12(10(9)2)16-8-15-7-13(16)11(3)14/h4-8,11H,14H2,1-3H3/t11-/m0/s1. The lowest BCUT2D eigenvalue weighted by Gasteiger charge is -2.14. The Kier molecular flexibility index (Phi) is 2.79. The van der Waals surface area contributed by atoms with Crippen molar-refractivity contribution in [2.75, 3.05) is 0 Å². The Labute approximate surface area is 95.9 Å². The van der Waals surface area contributed by atoms with E-state index in [4.69, 9.17) is 5.73 Å². The summed E-state index contributed by atoms with van der Waals surface area (Å²) in [5.41, 5.74) is 10.7. The molecular formula is C13H17N3. The fourth-order valence-corrected chi connectivity index (χ4v) is 1.84. The molecule has 84 valence electrons. The van der Waals surface area contributed by atoms with Gasteiger partial charge in [-0.25, -0.2) is 4.98 Å². The predicted octanol–water partition coefficient (Wildman–Crippen LogP) is 2.51. The van der Waals surface area contributed by atoms with E-state index in [1.54, 1.807) is 0 Å². The second-order valence-corrected chi connectivity index (χ2v) is 4.20. The van der Waals surface area contributed by atoms with Crippen LogP contribution in [0.1, 0.15) is 29.8 Å². The van der Waals surface area contributed by atoms with Crippen LogP contribution in [0.15, 0.2) is 30.7 Å². The van der Waals surface area contributed by atoms with Crippen LogP contribution in [0.5, 0.6) is 0 Å². The molecule has 0 radical (unpaired) electrons. The fraction of sp³-hybridized carbons (Fsp3) is 0.308. The maximum absolute atomic E-state index is 5.92. The van der Waals surface area contributed by atoms with Gasteiger partial charge >= 0.3 is 0 Å². The van der Waals surface area contributed by atoms with E-state index >= 15 is 0 Å². The quantitative estimate of drug-likeness (QED) is 0.836. The number of hydrogen-bond acceptors (Lipinski definition) is 2. The van der Waals surface area contributed by atoms with E-state index in [2.05, 4.69) is 41.6 Å². The van der Waals surface area contributed by atoms with Gasteiger partial charge in [-0.1, -0.05) is 12.1 Å². The molecule has 3 heteroatoms. The van der Waals surface area contributed by atoms with E-state index < -0.39 is 0 Å². The van der Waals surface area contributed by atoms with Gasteiger partial charge in [0.25, 0.3) is 0 Å². The summed E-state index contributed by atoms with van der Waals surface area (Å²) in [5, 5.41) is 0. The number of rotatable bonds is 2. The first-order valence-corrected chi connectivity index (χ1v) is 5.45. The number of nitrogens with two attached hydrogens (primary N) is 1. The molecule has 0 amide bonds. The number of imidazole rings is 1. The normalized spacial score (nSPS) is 12.8. The molecule has 2 rings (SSSR count). The van der Waals surface area contributed by atoms with E-state index in [-0.39, 0.29) is 6.04 Å². The highest BCUT2D eigenvalue weighted by Gasteiger charge is 2.10. The lowest BCUT2D eigenvalue weighted by atomic mass is 10.1. The molecule has 3 nitrogen and oxygen atoms in total. The molecule has 16 heavy (non-hydrogen) atoms. The van der Waals surface area contributed by atoms with Crippen LogP contribution >= 0.6 is 0 Å². The van der Waals surface area contributed by atoms with Gasteiger partial charge < -0.3 is 10.3 Å². The van der Waals surface area contributed by atoms with E-state index in [1.165, 1.54) is 11.1 Å². The molecular weight excluding hydrogens is 198 g/mol. The lowest BCUT2D eigenvalue weighted by Crippen LogP contribution is -2.11. The number of benzene rings is 1. The second kappa shape index (κ2) is 4.10. The lowest BCUT2D eigenvalue weighted by molar-refractivity contribution is 0.751. The van der Waals surface area contributed by atoms with Crippen LogP contribution in [0.3, 0.4) is 0 Å². The average molecular weight is 215 g/mol.